The quantitative estimate of drug-likeness (QED) is 0.445. The van der Waals surface area contributed by atoms with E-state index in [0.29, 0.717) is 6.07 Å². The zero-order chi connectivity index (χ0) is 10.2. The summed E-state index contributed by atoms with van der Waals surface area (Å²) in [5.74, 6) is -1.30. The molecule has 1 nitrogen and oxygen atoms in total. The standard InChI is InChI=1S/C7H4F4IN/c8-4-2-5(12)6(13)1-3(4)7(9,10)11/h1-2H,13H2. The molecular formula is C7H4F4IN. The molecule has 13 heavy (non-hydrogen) atoms. The highest BCUT2D eigenvalue weighted by Crippen LogP contribution is 2.33. The predicted molar refractivity (Wildman–Crippen MR) is 48.5 cm³/mol. The first kappa shape index (κ1) is 10.6. The van der Waals surface area contributed by atoms with Crippen molar-refractivity contribution in [1.82, 2.24) is 0 Å². The summed E-state index contributed by atoms with van der Waals surface area (Å²) in [6.45, 7) is 0. The van der Waals surface area contributed by atoms with E-state index in [0.717, 1.165) is 6.07 Å². The summed E-state index contributed by atoms with van der Waals surface area (Å²) in [5, 5.41) is 0. The first-order valence-corrected chi connectivity index (χ1v) is 4.22. The number of nitrogen functional groups attached to an aromatic ring is 1. The molecule has 0 atom stereocenters. The molecule has 0 saturated heterocycles. The number of anilines is 1. The summed E-state index contributed by atoms with van der Waals surface area (Å²) in [5.41, 5.74) is 3.81. The maximum absolute atomic E-state index is 12.7. The van der Waals surface area contributed by atoms with E-state index in [1.807, 2.05) is 0 Å². The smallest absolute Gasteiger partial charge is 0.398 e. The van der Waals surface area contributed by atoms with Crippen molar-refractivity contribution in [3.8, 4) is 0 Å². The highest BCUT2D eigenvalue weighted by atomic mass is 127. The van der Waals surface area contributed by atoms with E-state index < -0.39 is 17.6 Å². The number of hydrogen-bond donors (Lipinski definition) is 1. The van der Waals surface area contributed by atoms with Crippen molar-refractivity contribution in [2.75, 3.05) is 5.73 Å². The Balaban J connectivity index is 3.32. The van der Waals surface area contributed by atoms with Crippen molar-refractivity contribution in [3.63, 3.8) is 0 Å². The second-order valence-corrected chi connectivity index (χ2v) is 3.51. The van der Waals surface area contributed by atoms with Crippen molar-refractivity contribution in [1.29, 1.82) is 0 Å². The minimum atomic E-state index is -4.69. The van der Waals surface area contributed by atoms with E-state index in [2.05, 4.69) is 0 Å². The SMILES string of the molecule is Nc1cc(C(F)(F)F)c(F)cc1I. The molecule has 0 fully saturated rings. The van der Waals surface area contributed by atoms with E-state index in [9.17, 15) is 17.6 Å². The average Bonchev–Trinajstić information content (AvgIpc) is 1.94. The van der Waals surface area contributed by atoms with Crippen molar-refractivity contribution < 1.29 is 17.6 Å². The number of benzene rings is 1. The third-order valence-electron chi connectivity index (χ3n) is 1.39. The minimum absolute atomic E-state index is 0.0747. The normalized spacial score (nSPS) is 11.8. The van der Waals surface area contributed by atoms with Crippen LogP contribution in [0.1, 0.15) is 5.56 Å². The average molecular weight is 305 g/mol. The van der Waals surface area contributed by atoms with Crippen LogP contribution >= 0.6 is 22.6 Å². The Morgan fingerprint density at radius 2 is 1.77 bits per heavy atom. The lowest BCUT2D eigenvalue weighted by Crippen LogP contribution is -2.09. The lowest BCUT2D eigenvalue weighted by Gasteiger charge is -2.09. The van der Waals surface area contributed by atoms with Crippen molar-refractivity contribution in [3.05, 3.63) is 27.1 Å². The number of alkyl halides is 3. The molecule has 0 spiro atoms. The lowest BCUT2D eigenvalue weighted by atomic mass is 10.2. The fourth-order valence-corrected chi connectivity index (χ4v) is 1.21. The zero-order valence-corrected chi connectivity index (χ0v) is 8.28. The summed E-state index contributed by atoms with van der Waals surface area (Å²) in [6.07, 6.45) is -4.69. The van der Waals surface area contributed by atoms with Gasteiger partial charge < -0.3 is 5.73 Å². The molecule has 0 radical (unpaired) electrons. The van der Waals surface area contributed by atoms with Crippen molar-refractivity contribution in [2.45, 2.75) is 6.18 Å². The molecule has 6 heteroatoms. The fraction of sp³-hybridized carbons (Fsp3) is 0.143. The summed E-state index contributed by atoms with van der Waals surface area (Å²) in [4.78, 5) is 0. The Kier molecular flexibility index (Phi) is 2.69. The van der Waals surface area contributed by atoms with Crippen LogP contribution in [0.2, 0.25) is 0 Å². The van der Waals surface area contributed by atoms with Crippen LogP contribution in [0.15, 0.2) is 12.1 Å². The Morgan fingerprint density at radius 3 is 2.23 bits per heavy atom. The largest absolute Gasteiger partial charge is 0.419 e. The van der Waals surface area contributed by atoms with Gasteiger partial charge in [0.1, 0.15) is 5.82 Å². The van der Waals surface area contributed by atoms with Crippen molar-refractivity contribution >= 4 is 28.3 Å². The van der Waals surface area contributed by atoms with Gasteiger partial charge in [-0.1, -0.05) is 0 Å². The van der Waals surface area contributed by atoms with E-state index in [-0.39, 0.29) is 9.26 Å². The lowest BCUT2D eigenvalue weighted by molar-refractivity contribution is -0.139. The number of nitrogens with two attached hydrogens (primary N) is 1. The summed E-state index contributed by atoms with van der Waals surface area (Å²) < 4.78 is 49.2. The maximum Gasteiger partial charge on any atom is 0.419 e. The summed E-state index contributed by atoms with van der Waals surface area (Å²) in [7, 11) is 0. The maximum atomic E-state index is 12.7. The van der Waals surface area contributed by atoms with E-state index in [4.69, 9.17) is 5.73 Å². The van der Waals surface area contributed by atoms with Crippen LogP contribution < -0.4 is 5.73 Å². The van der Waals surface area contributed by atoms with Gasteiger partial charge in [0.25, 0.3) is 0 Å². The number of hydrogen-bond acceptors (Lipinski definition) is 1. The first-order valence-electron chi connectivity index (χ1n) is 3.14. The fourth-order valence-electron chi connectivity index (χ4n) is 0.783. The highest BCUT2D eigenvalue weighted by Gasteiger charge is 2.34. The van der Waals surface area contributed by atoms with Gasteiger partial charge in [-0.05, 0) is 34.7 Å². The molecule has 0 bridgehead atoms. The van der Waals surface area contributed by atoms with Gasteiger partial charge in [0.05, 0.1) is 5.56 Å². The van der Waals surface area contributed by atoms with Crippen LogP contribution in [0.3, 0.4) is 0 Å². The molecule has 0 unspecified atom stereocenters. The van der Waals surface area contributed by atoms with Crippen LogP contribution in [0.5, 0.6) is 0 Å². The van der Waals surface area contributed by atoms with Gasteiger partial charge in [-0.3, -0.25) is 0 Å². The van der Waals surface area contributed by atoms with Crippen LogP contribution in [0.25, 0.3) is 0 Å². The molecule has 1 aromatic rings. The Bertz CT molecular complexity index is 334. The molecule has 72 valence electrons. The van der Waals surface area contributed by atoms with E-state index in [1.54, 1.807) is 22.6 Å². The molecule has 0 aliphatic rings. The molecular weight excluding hydrogens is 301 g/mol. The first-order chi connectivity index (χ1) is 5.82. The van der Waals surface area contributed by atoms with Gasteiger partial charge in [-0.2, -0.15) is 13.2 Å². The predicted octanol–water partition coefficient (Wildman–Crippen LogP) is 3.03. The third kappa shape index (κ3) is 2.23. The molecule has 0 amide bonds. The van der Waals surface area contributed by atoms with Gasteiger partial charge in [0, 0.05) is 9.26 Å². The van der Waals surface area contributed by atoms with Crippen LogP contribution in [-0.4, -0.2) is 0 Å². The van der Waals surface area contributed by atoms with Gasteiger partial charge in [0.15, 0.2) is 0 Å². The second kappa shape index (κ2) is 3.32. The molecule has 2 N–H and O–H groups in total. The molecule has 0 aliphatic carbocycles. The summed E-state index contributed by atoms with van der Waals surface area (Å²) in [6, 6.07) is 1.36. The molecule has 0 aromatic heterocycles. The van der Waals surface area contributed by atoms with Crippen LogP contribution in [-0.2, 0) is 6.18 Å². The Labute approximate surface area is 85.1 Å². The minimum Gasteiger partial charge on any atom is -0.398 e. The topological polar surface area (TPSA) is 26.0 Å². The molecule has 0 saturated carbocycles. The van der Waals surface area contributed by atoms with Crippen LogP contribution in [0, 0.1) is 9.39 Å². The second-order valence-electron chi connectivity index (χ2n) is 2.35. The third-order valence-corrected chi connectivity index (χ3v) is 2.33. The molecule has 0 heterocycles. The molecule has 0 aliphatic heterocycles. The molecule has 1 rings (SSSR count). The Morgan fingerprint density at radius 1 is 1.23 bits per heavy atom. The van der Waals surface area contributed by atoms with E-state index in [1.165, 1.54) is 0 Å². The van der Waals surface area contributed by atoms with Crippen molar-refractivity contribution in [2.24, 2.45) is 0 Å². The van der Waals surface area contributed by atoms with Gasteiger partial charge in [-0.15, -0.1) is 0 Å². The van der Waals surface area contributed by atoms with E-state index >= 15 is 0 Å². The molecule has 1 aromatic carbocycles. The number of rotatable bonds is 0. The van der Waals surface area contributed by atoms with Gasteiger partial charge in [-0.25, -0.2) is 4.39 Å². The Hall–Kier alpha value is -0.530. The monoisotopic (exact) mass is 305 g/mol. The summed E-state index contributed by atoms with van der Waals surface area (Å²) >= 11 is 1.66. The number of halogens is 5. The zero-order valence-electron chi connectivity index (χ0n) is 6.12. The van der Waals surface area contributed by atoms with Crippen LogP contribution in [0.4, 0.5) is 23.2 Å². The van der Waals surface area contributed by atoms with Gasteiger partial charge in [0.2, 0.25) is 0 Å². The van der Waals surface area contributed by atoms with Gasteiger partial charge >= 0.3 is 6.18 Å². The highest BCUT2D eigenvalue weighted by molar-refractivity contribution is 14.1.